The Bertz CT molecular complexity index is 326. The van der Waals surface area contributed by atoms with E-state index in [9.17, 15) is 0 Å². The molecule has 14 heavy (non-hydrogen) atoms. The molecule has 1 aromatic rings. The summed E-state index contributed by atoms with van der Waals surface area (Å²) in [7, 11) is 2.03. The first kappa shape index (κ1) is 11.2. The van der Waals surface area contributed by atoms with Crippen molar-refractivity contribution < 1.29 is 0 Å². The molecule has 0 bridgehead atoms. The summed E-state index contributed by atoms with van der Waals surface area (Å²) in [5, 5.41) is 8.68. The maximum atomic E-state index is 8.68. The summed E-state index contributed by atoms with van der Waals surface area (Å²) in [6.07, 6.45) is 0. The third kappa shape index (κ3) is 3.09. The average Bonchev–Trinajstić information content (AvgIpc) is 2.51. The van der Waals surface area contributed by atoms with Gasteiger partial charge in [0.1, 0.15) is 0 Å². The Kier molecular flexibility index (Phi) is 4.05. The number of thiazole rings is 1. The predicted octanol–water partition coefficient (Wildman–Crippen LogP) is 2.04. The van der Waals surface area contributed by atoms with Crippen LogP contribution in [0, 0.1) is 24.2 Å². The smallest absolute Gasteiger partial charge is 0.0798 e. The van der Waals surface area contributed by atoms with Crippen molar-refractivity contribution in [3.8, 4) is 6.07 Å². The lowest BCUT2D eigenvalue weighted by molar-refractivity contribution is 0.305. The second-order valence-electron chi connectivity index (χ2n) is 3.59. The Balaban J connectivity index is 2.46. The Morgan fingerprint density at radius 1 is 1.71 bits per heavy atom. The van der Waals surface area contributed by atoms with Gasteiger partial charge in [-0.3, -0.25) is 4.90 Å². The maximum absolute atomic E-state index is 8.68. The van der Waals surface area contributed by atoms with Gasteiger partial charge in [0, 0.05) is 18.0 Å². The van der Waals surface area contributed by atoms with Gasteiger partial charge >= 0.3 is 0 Å². The SMILES string of the molecule is Cc1ncsc1CN(C)CC(C)C#N. The van der Waals surface area contributed by atoms with Gasteiger partial charge in [0.15, 0.2) is 0 Å². The van der Waals surface area contributed by atoms with Crippen molar-refractivity contribution in [2.24, 2.45) is 5.92 Å². The van der Waals surface area contributed by atoms with Crippen LogP contribution in [0.4, 0.5) is 0 Å². The molecule has 4 heteroatoms. The molecule has 0 aliphatic carbocycles. The minimum atomic E-state index is 0.0910. The number of aromatic nitrogens is 1. The summed E-state index contributed by atoms with van der Waals surface area (Å²) >= 11 is 1.68. The van der Waals surface area contributed by atoms with Crippen LogP contribution in [0.3, 0.4) is 0 Å². The van der Waals surface area contributed by atoms with E-state index in [0.717, 1.165) is 18.8 Å². The lowest BCUT2D eigenvalue weighted by atomic mass is 10.2. The Labute approximate surface area is 89.0 Å². The van der Waals surface area contributed by atoms with Crippen molar-refractivity contribution in [1.82, 2.24) is 9.88 Å². The molecule has 0 aliphatic heterocycles. The molecule has 76 valence electrons. The zero-order valence-electron chi connectivity index (χ0n) is 8.82. The zero-order valence-corrected chi connectivity index (χ0v) is 9.64. The molecule has 0 saturated heterocycles. The summed E-state index contributed by atoms with van der Waals surface area (Å²) in [6, 6.07) is 2.24. The van der Waals surface area contributed by atoms with E-state index >= 15 is 0 Å². The first-order valence-electron chi connectivity index (χ1n) is 4.60. The van der Waals surface area contributed by atoms with Crippen molar-refractivity contribution in [1.29, 1.82) is 5.26 Å². The summed E-state index contributed by atoms with van der Waals surface area (Å²) in [6.45, 7) is 5.67. The quantitative estimate of drug-likeness (QED) is 0.762. The summed E-state index contributed by atoms with van der Waals surface area (Å²) in [4.78, 5) is 7.65. The van der Waals surface area contributed by atoms with Crippen LogP contribution in [0.25, 0.3) is 0 Å². The Morgan fingerprint density at radius 3 is 2.93 bits per heavy atom. The van der Waals surface area contributed by atoms with E-state index in [0.29, 0.717) is 0 Å². The standard InChI is InChI=1S/C10H15N3S/c1-8(4-11)5-13(3)6-10-9(2)12-7-14-10/h7-8H,5-6H2,1-3H3. The third-order valence-electron chi connectivity index (χ3n) is 2.06. The highest BCUT2D eigenvalue weighted by Gasteiger charge is 2.08. The van der Waals surface area contributed by atoms with Crippen LogP contribution in [0.15, 0.2) is 5.51 Å². The minimum Gasteiger partial charge on any atom is -0.300 e. The molecule has 1 heterocycles. The van der Waals surface area contributed by atoms with E-state index in [2.05, 4.69) is 16.0 Å². The average molecular weight is 209 g/mol. The van der Waals surface area contributed by atoms with E-state index in [-0.39, 0.29) is 5.92 Å². The molecule has 1 aromatic heterocycles. The van der Waals surface area contributed by atoms with Gasteiger partial charge in [-0.1, -0.05) is 0 Å². The molecule has 1 unspecified atom stereocenters. The molecule has 3 nitrogen and oxygen atoms in total. The van der Waals surface area contributed by atoms with E-state index in [1.165, 1.54) is 4.88 Å². The van der Waals surface area contributed by atoms with Gasteiger partial charge in [0.2, 0.25) is 0 Å². The number of aryl methyl sites for hydroxylation is 1. The van der Waals surface area contributed by atoms with Gasteiger partial charge < -0.3 is 0 Å². The van der Waals surface area contributed by atoms with Crippen LogP contribution < -0.4 is 0 Å². The second-order valence-corrected chi connectivity index (χ2v) is 4.53. The van der Waals surface area contributed by atoms with Crippen LogP contribution in [0.5, 0.6) is 0 Å². The van der Waals surface area contributed by atoms with Gasteiger partial charge in [-0.05, 0) is 20.9 Å². The van der Waals surface area contributed by atoms with Gasteiger partial charge in [0.05, 0.1) is 23.2 Å². The molecule has 0 spiro atoms. The predicted molar refractivity (Wildman–Crippen MR) is 58.0 cm³/mol. The molecule has 0 amide bonds. The molecule has 1 rings (SSSR count). The Morgan fingerprint density at radius 2 is 2.43 bits per heavy atom. The molecule has 0 aromatic carbocycles. The van der Waals surface area contributed by atoms with Crippen LogP contribution in [-0.4, -0.2) is 23.5 Å². The van der Waals surface area contributed by atoms with Crippen molar-refractivity contribution in [3.05, 3.63) is 16.1 Å². The van der Waals surface area contributed by atoms with E-state index in [4.69, 9.17) is 5.26 Å². The third-order valence-corrected chi connectivity index (χ3v) is 2.98. The molecule has 1 atom stereocenters. The van der Waals surface area contributed by atoms with Crippen LogP contribution in [0.2, 0.25) is 0 Å². The number of hydrogen-bond donors (Lipinski definition) is 0. The van der Waals surface area contributed by atoms with E-state index in [1.54, 1.807) is 11.3 Å². The Hall–Kier alpha value is -0.920. The van der Waals surface area contributed by atoms with Crippen LogP contribution >= 0.6 is 11.3 Å². The van der Waals surface area contributed by atoms with Gasteiger partial charge in [-0.25, -0.2) is 4.98 Å². The van der Waals surface area contributed by atoms with Crippen molar-refractivity contribution in [2.75, 3.05) is 13.6 Å². The van der Waals surface area contributed by atoms with Gasteiger partial charge in [0.25, 0.3) is 0 Å². The van der Waals surface area contributed by atoms with Crippen molar-refractivity contribution >= 4 is 11.3 Å². The summed E-state index contributed by atoms with van der Waals surface area (Å²) < 4.78 is 0. The van der Waals surface area contributed by atoms with E-state index < -0.39 is 0 Å². The number of hydrogen-bond acceptors (Lipinski definition) is 4. The summed E-state index contributed by atoms with van der Waals surface area (Å²) in [5.74, 6) is 0.0910. The highest BCUT2D eigenvalue weighted by molar-refractivity contribution is 7.09. The molecular weight excluding hydrogens is 194 g/mol. The topological polar surface area (TPSA) is 39.9 Å². The molecule has 0 radical (unpaired) electrons. The van der Waals surface area contributed by atoms with Crippen molar-refractivity contribution in [3.63, 3.8) is 0 Å². The largest absolute Gasteiger partial charge is 0.300 e. The lowest BCUT2D eigenvalue weighted by Crippen LogP contribution is -2.23. The zero-order chi connectivity index (χ0) is 10.6. The molecular formula is C10H15N3S. The highest BCUT2D eigenvalue weighted by Crippen LogP contribution is 2.14. The fourth-order valence-corrected chi connectivity index (χ4v) is 2.15. The van der Waals surface area contributed by atoms with Crippen LogP contribution in [-0.2, 0) is 6.54 Å². The summed E-state index contributed by atoms with van der Waals surface area (Å²) in [5.41, 5.74) is 2.97. The lowest BCUT2D eigenvalue weighted by Gasteiger charge is -2.16. The minimum absolute atomic E-state index is 0.0910. The number of nitriles is 1. The van der Waals surface area contributed by atoms with Crippen LogP contribution in [0.1, 0.15) is 17.5 Å². The number of nitrogens with zero attached hydrogens (tertiary/aromatic N) is 3. The highest BCUT2D eigenvalue weighted by atomic mass is 32.1. The second kappa shape index (κ2) is 5.08. The maximum Gasteiger partial charge on any atom is 0.0798 e. The molecule has 0 fully saturated rings. The normalized spacial score (nSPS) is 12.8. The fourth-order valence-electron chi connectivity index (χ4n) is 1.30. The monoisotopic (exact) mass is 209 g/mol. The van der Waals surface area contributed by atoms with Gasteiger partial charge in [-0.15, -0.1) is 11.3 Å². The first-order chi connectivity index (χ1) is 6.63. The first-order valence-corrected chi connectivity index (χ1v) is 5.48. The van der Waals surface area contributed by atoms with E-state index in [1.807, 2.05) is 26.4 Å². The molecule has 0 aliphatic rings. The molecule has 0 saturated carbocycles. The molecule has 0 N–H and O–H groups in total. The van der Waals surface area contributed by atoms with Crippen molar-refractivity contribution in [2.45, 2.75) is 20.4 Å². The number of rotatable bonds is 4. The van der Waals surface area contributed by atoms with Gasteiger partial charge in [-0.2, -0.15) is 5.26 Å². The fraction of sp³-hybridized carbons (Fsp3) is 0.600.